The van der Waals surface area contributed by atoms with Crippen molar-refractivity contribution in [3.63, 3.8) is 0 Å². The minimum Gasteiger partial charge on any atom is -0.372 e. The maximum absolute atomic E-state index is 6.41. The van der Waals surface area contributed by atoms with Crippen LogP contribution >= 0.6 is 0 Å². The van der Waals surface area contributed by atoms with Crippen molar-refractivity contribution in [2.24, 2.45) is 5.92 Å². The molecule has 0 aromatic heterocycles. The molecule has 0 amide bonds. The zero-order valence-electron chi connectivity index (χ0n) is 11.9. The summed E-state index contributed by atoms with van der Waals surface area (Å²) in [6, 6.07) is 0.777. The first kappa shape index (κ1) is 12.9. The molecule has 0 bridgehead atoms. The van der Waals surface area contributed by atoms with Crippen LogP contribution in [0.4, 0.5) is 0 Å². The first-order chi connectivity index (χ1) is 8.81. The van der Waals surface area contributed by atoms with Gasteiger partial charge in [-0.2, -0.15) is 0 Å². The van der Waals surface area contributed by atoms with Gasteiger partial charge >= 0.3 is 0 Å². The van der Waals surface area contributed by atoms with E-state index >= 15 is 0 Å². The van der Waals surface area contributed by atoms with E-state index in [0.29, 0.717) is 11.7 Å². The second-order valence-corrected chi connectivity index (χ2v) is 6.75. The number of ether oxygens (including phenoxy) is 1. The first-order valence-corrected chi connectivity index (χ1v) is 8.22. The molecule has 1 spiro atoms. The number of hydrogen-bond acceptors (Lipinski definition) is 2. The summed E-state index contributed by atoms with van der Waals surface area (Å²) in [4.78, 5) is 0. The second kappa shape index (κ2) is 5.50. The van der Waals surface area contributed by atoms with E-state index in [1.165, 1.54) is 64.2 Å². The Hall–Kier alpha value is -0.0800. The summed E-state index contributed by atoms with van der Waals surface area (Å²) in [5.41, 5.74) is 0.331. The molecule has 2 unspecified atom stereocenters. The van der Waals surface area contributed by atoms with Crippen LogP contribution in [-0.4, -0.2) is 24.3 Å². The molecule has 0 radical (unpaired) electrons. The molecule has 104 valence electrons. The van der Waals surface area contributed by atoms with Gasteiger partial charge in [-0.1, -0.05) is 19.8 Å². The lowest BCUT2D eigenvalue weighted by Gasteiger charge is -2.25. The standard InChI is InChI=1S/C16H29NO/c1-2-17-15(13-5-6-13)8-7-14-9-12-16(18-14)10-3-4-11-16/h13-15,17H,2-12H2,1H3. The summed E-state index contributed by atoms with van der Waals surface area (Å²) < 4.78 is 6.41. The predicted molar refractivity (Wildman–Crippen MR) is 74.7 cm³/mol. The van der Waals surface area contributed by atoms with Gasteiger partial charge in [0.2, 0.25) is 0 Å². The molecular weight excluding hydrogens is 222 g/mol. The van der Waals surface area contributed by atoms with Crippen molar-refractivity contribution >= 4 is 0 Å². The maximum Gasteiger partial charge on any atom is 0.0687 e. The van der Waals surface area contributed by atoms with Gasteiger partial charge in [0, 0.05) is 6.04 Å². The molecule has 2 atom stereocenters. The predicted octanol–water partition coefficient (Wildman–Crippen LogP) is 3.65. The highest BCUT2D eigenvalue weighted by atomic mass is 16.5. The SMILES string of the molecule is CCNC(CCC1CCC2(CCCC2)O1)C1CC1. The third-order valence-electron chi connectivity index (χ3n) is 5.31. The highest BCUT2D eigenvalue weighted by molar-refractivity contribution is 4.94. The van der Waals surface area contributed by atoms with E-state index in [4.69, 9.17) is 4.74 Å². The fourth-order valence-electron chi connectivity index (χ4n) is 4.12. The van der Waals surface area contributed by atoms with Crippen LogP contribution < -0.4 is 5.32 Å². The highest BCUT2D eigenvalue weighted by Gasteiger charge is 2.42. The minimum absolute atomic E-state index is 0.331. The maximum atomic E-state index is 6.41. The van der Waals surface area contributed by atoms with E-state index in [2.05, 4.69) is 12.2 Å². The minimum atomic E-state index is 0.331. The van der Waals surface area contributed by atoms with Crippen molar-refractivity contribution in [2.75, 3.05) is 6.54 Å². The Balaban J connectivity index is 1.43. The zero-order chi connectivity index (χ0) is 12.4. The van der Waals surface area contributed by atoms with Crippen LogP contribution in [0.2, 0.25) is 0 Å². The Bertz CT molecular complexity index is 268. The number of nitrogens with one attached hydrogen (secondary N) is 1. The molecule has 2 heteroatoms. The van der Waals surface area contributed by atoms with Gasteiger partial charge in [0.1, 0.15) is 0 Å². The topological polar surface area (TPSA) is 21.3 Å². The molecule has 3 aliphatic rings. The molecule has 1 heterocycles. The summed E-state index contributed by atoms with van der Waals surface area (Å²) in [6.45, 7) is 3.35. The third kappa shape index (κ3) is 2.91. The Morgan fingerprint density at radius 2 is 1.94 bits per heavy atom. The van der Waals surface area contributed by atoms with E-state index < -0.39 is 0 Å². The molecule has 1 N–H and O–H groups in total. The molecule has 2 nitrogen and oxygen atoms in total. The van der Waals surface area contributed by atoms with Crippen molar-refractivity contribution in [3.8, 4) is 0 Å². The summed E-state index contributed by atoms with van der Waals surface area (Å²) in [6.07, 6.45) is 14.2. The van der Waals surface area contributed by atoms with Crippen molar-refractivity contribution in [1.82, 2.24) is 5.32 Å². The average molecular weight is 251 g/mol. The summed E-state index contributed by atoms with van der Waals surface area (Å²) in [5.74, 6) is 0.979. The van der Waals surface area contributed by atoms with Crippen LogP contribution in [-0.2, 0) is 4.74 Å². The lowest BCUT2D eigenvalue weighted by molar-refractivity contribution is -0.0403. The van der Waals surface area contributed by atoms with Gasteiger partial charge < -0.3 is 10.1 Å². The Morgan fingerprint density at radius 1 is 1.17 bits per heavy atom. The van der Waals surface area contributed by atoms with Crippen LogP contribution in [0.15, 0.2) is 0 Å². The first-order valence-electron chi connectivity index (χ1n) is 8.22. The smallest absolute Gasteiger partial charge is 0.0687 e. The summed E-state index contributed by atoms with van der Waals surface area (Å²) in [7, 11) is 0. The molecule has 1 aliphatic heterocycles. The van der Waals surface area contributed by atoms with Gasteiger partial charge in [-0.25, -0.2) is 0 Å². The molecule has 18 heavy (non-hydrogen) atoms. The van der Waals surface area contributed by atoms with E-state index in [1.54, 1.807) is 0 Å². The van der Waals surface area contributed by atoms with Gasteiger partial charge in [-0.05, 0) is 63.8 Å². The fraction of sp³-hybridized carbons (Fsp3) is 1.00. The average Bonchev–Trinajstić information content (AvgIpc) is 3.00. The van der Waals surface area contributed by atoms with Crippen LogP contribution in [0.5, 0.6) is 0 Å². The Labute approximate surface area is 112 Å². The second-order valence-electron chi connectivity index (χ2n) is 6.75. The molecular formula is C16H29NO. The quantitative estimate of drug-likeness (QED) is 0.778. The zero-order valence-corrected chi connectivity index (χ0v) is 11.9. The van der Waals surface area contributed by atoms with Crippen LogP contribution in [0.25, 0.3) is 0 Å². The fourth-order valence-corrected chi connectivity index (χ4v) is 4.12. The van der Waals surface area contributed by atoms with E-state index in [-0.39, 0.29) is 0 Å². The molecule has 0 aromatic carbocycles. The molecule has 3 fully saturated rings. The monoisotopic (exact) mass is 251 g/mol. The summed E-state index contributed by atoms with van der Waals surface area (Å²) in [5, 5.41) is 3.67. The largest absolute Gasteiger partial charge is 0.372 e. The van der Waals surface area contributed by atoms with Gasteiger partial charge in [-0.3, -0.25) is 0 Å². The molecule has 2 saturated carbocycles. The molecule has 2 aliphatic carbocycles. The number of rotatable bonds is 6. The van der Waals surface area contributed by atoms with E-state index in [0.717, 1.165) is 18.5 Å². The number of hydrogen-bond donors (Lipinski definition) is 1. The van der Waals surface area contributed by atoms with E-state index in [1.807, 2.05) is 0 Å². The molecule has 3 rings (SSSR count). The van der Waals surface area contributed by atoms with Gasteiger partial charge in [0.05, 0.1) is 11.7 Å². The Kier molecular flexibility index (Phi) is 3.95. The van der Waals surface area contributed by atoms with Crippen molar-refractivity contribution in [2.45, 2.75) is 88.9 Å². The Morgan fingerprint density at radius 3 is 2.61 bits per heavy atom. The third-order valence-corrected chi connectivity index (χ3v) is 5.31. The lowest BCUT2D eigenvalue weighted by atomic mass is 9.97. The van der Waals surface area contributed by atoms with Crippen LogP contribution in [0, 0.1) is 5.92 Å². The summed E-state index contributed by atoms with van der Waals surface area (Å²) >= 11 is 0. The van der Waals surface area contributed by atoms with Crippen molar-refractivity contribution in [3.05, 3.63) is 0 Å². The van der Waals surface area contributed by atoms with Gasteiger partial charge in [0.15, 0.2) is 0 Å². The van der Waals surface area contributed by atoms with Crippen LogP contribution in [0.1, 0.15) is 71.1 Å². The molecule has 1 saturated heterocycles. The van der Waals surface area contributed by atoms with Crippen molar-refractivity contribution in [1.29, 1.82) is 0 Å². The van der Waals surface area contributed by atoms with Gasteiger partial charge in [0.25, 0.3) is 0 Å². The van der Waals surface area contributed by atoms with Gasteiger partial charge in [-0.15, -0.1) is 0 Å². The van der Waals surface area contributed by atoms with Crippen molar-refractivity contribution < 1.29 is 4.74 Å². The molecule has 0 aromatic rings. The van der Waals surface area contributed by atoms with E-state index in [9.17, 15) is 0 Å². The normalized spacial score (nSPS) is 32.2. The highest BCUT2D eigenvalue weighted by Crippen LogP contribution is 2.44. The lowest BCUT2D eigenvalue weighted by Crippen LogP contribution is -2.32. The van der Waals surface area contributed by atoms with Crippen LogP contribution in [0.3, 0.4) is 0 Å².